The number of halogens is 8. The van der Waals surface area contributed by atoms with Crippen LogP contribution >= 0.6 is 23.2 Å². The molecule has 2 aliphatic heterocycles. The van der Waals surface area contributed by atoms with Gasteiger partial charge in [0.1, 0.15) is 35.1 Å². The molecule has 3 aromatic rings. The Kier molecular flexibility index (Phi) is 16.0. The number of rotatable bonds is 9. The number of hydrazone groups is 1. The molecule has 0 aliphatic carbocycles. The van der Waals surface area contributed by atoms with E-state index in [0.717, 1.165) is 17.6 Å². The second kappa shape index (κ2) is 19.5. The number of carbonyl (C=O) groups excluding carboxylic acids is 1. The van der Waals surface area contributed by atoms with E-state index in [4.69, 9.17) is 47.7 Å². The highest BCUT2D eigenvalue weighted by Gasteiger charge is 2.43. The maximum atomic E-state index is 13.9. The van der Waals surface area contributed by atoms with Gasteiger partial charge in [-0.05, 0) is 51.0 Å². The number of aromatic nitrogens is 1. The van der Waals surface area contributed by atoms with Crippen molar-refractivity contribution in [2.75, 3.05) is 39.3 Å². The number of fused-ring (bicyclic) bond motifs is 1. The van der Waals surface area contributed by atoms with Gasteiger partial charge in [-0.15, -0.1) is 0 Å². The number of nitrogens with zero attached hydrogens (tertiary/aromatic N) is 5. The normalized spacial score (nSPS) is 16.5. The molecule has 0 radical (unpaired) electrons. The number of nitrogens with one attached hydrogen (secondary N) is 1. The highest BCUT2D eigenvalue weighted by atomic mass is 35.5. The van der Waals surface area contributed by atoms with Gasteiger partial charge < -0.3 is 30.2 Å². The monoisotopic (exact) mass is 860 g/mol. The molecule has 3 heterocycles. The molecule has 0 spiro atoms. The molecule has 56 heavy (non-hydrogen) atoms. The van der Waals surface area contributed by atoms with E-state index in [0.29, 0.717) is 55.9 Å². The fourth-order valence-electron chi connectivity index (χ4n) is 5.27. The van der Waals surface area contributed by atoms with E-state index in [-0.39, 0.29) is 34.0 Å². The molecule has 2 fully saturated rings. The first kappa shape index (κ1) is 45.8. The van der Waals surface area contributed by atoms with Crippen molar-refractivity contribution in [3.63, 3.8) is 0 Å². The standard InChI is InChI=1S/C29H34Cl2N6O4S.2C2HF3O2/c1-3-32-33-19-35-14-16-36(17-15-35)29(38)24-7-5-13-37(24)42(39,40)26-12-11-23(30)22(27(26)31)18-41-25-8-4-6-21-10-9-20(2)34-28(21)25;2*3-2(4,5)1(6)7/h4,6,8-12,19,24,32H,3,5,7,13-18H2,1-2H3;2*(H,6,7)/t24-;;/m0../s1. The summed E-state index contributed by atoms with van der Waals surface area (Å²) in [5.74, 6) is -5.17. The Morgan fingerprint density at radius 2 is 1.57 bits per heavy atom. The number of para-hydroxylation sites is 1. The smallest absolute Gasteiger partial charge is 0.487 e. The van der Waals surface area contributed by atoms with Gasteiger partial charge in [0, 0.05) is 60.9 Å². The quantitative estimate of drug-likeness (QED) is 0.106. The van der Waals surface area contributed by atoms with Crippen LogP contribution in [0.25, 0.3) is 10.9 Å². The van der Waals surface area contributed by atoms with Crippen molar-refractivity contribution in [1.29, 1.82) is 0 Å². The topological polar surface area (TPSA) is 182 Å². The number of piperazine rings is 1. The van der Waals surface area contributed by atoms with Gasteiger partial charge in [-0.25, -0.2) is 23.0 Å². The van der Waals surface area contributed by atoms with Gasteiger partial charge in [0.05, 0.1) is 5.02 Å². The fraction of sp³-hybridized carbons (Fsp3) is 0.424. The van der Waals surface area contributed by atoms with E-state index in [2.05, 4.69) is 15.5 Å². The molecule has 5 rings (SSSR count). The molecule has 23 heteroatoms. The van der Waals surface area contributed by atoms with Gasteiger partial charge >= 0.3 is 24.3 Å². The molecule has 2 aliphatic rings. The summed E-state index contributed by atoms with van der Waals surface area (Å²) in [6, 6.07) is 11.6. The molecule has 0 bridgehead atoms. The summed E-state index contributed by atoms with van der Waals surface area (Å²) < 4.78 is 98.7. The van der Waals surface area contributed by atoms with Crippen molar-refractivity contribution in [1.82, 2.24) is 24.5 Å². The minimum absolute atomic E-state index is 0.0152. The second-order valence-electron chi connectivity index (χ2n) is 11.9. The molecule has 1 amide bonds. The Hall–Kier alpha value is -4.60. The molecular formula is C33H36Cl2F6N6O8S. The largest absolute Gasteiger partial charge is 0.490 e. The van der Waals surface area contributed by atoms with Gasteiger partial charge in [0.25, 0.3) is 0 Å². The van der Waals surface area contributed by atoms with Gasteiger partial charge in [0.2, 0.25) is 15.9 Å². The van der Waals surface area contributed by atoms with Crippen LogP contribution in [0.2, 0.25) is 10.0 Å². The number of ether oxygens (including phenoxy) is 1. The Morgan fingerprint density at radius 1 is 0.964 bits per heavy atom. The summed E-state index contributed by atoms with van der Waals surface area (Å²) in [7, 11) is -4.10. The lowest BCUT2D eigenvalue weighted by molar-refractivity contribution is -0.193. The highest BCUT2D eigenvalue weighted by Crippen LogP contribution is 2.37. The third-order valence-corrected chi connectivity index (χ3v) is 10.9. The second-order valence-corrected chi connectivity index (χ2v) is 14.5. The molecule has 3 N–H and O–H groups in total. The molecule has 308 valence electrons. The summed E-state index contributed by atoms with van der Waals surface area (Å²) in [5.41, 5.74) is 4.78. The van der Waals surface area contributed by atoms with Gasteiger partial charge in [0.15, 0.2) is 0 Å². The number of aryl methyl sites for hydroxylation is 1. The van der Waals surface area contributed by atoms with Crippen LogP contribution in [0.4, 0.5) is 26.3 Å². The number of hydrogen-bond donors (Lipinski definition) is 3. The van der Waals surface area contributed by atoms with Gasteiger partial charge in [-0.1, -0.05) is 41.4 Å². The van der Waals surface area contributed by atoms with Crippen LogP contribution in [0, 0.1) is 6.92 Å². The number of carboxylic acid groups (broad SMARTS) is 2. The van der Waals surface area contributed by atoms with E-state index < -0.39 is 40.4 Å². The van der Waals surface area contributed by atoms with Crippen LogP contribution in [0.15, 0.2) is 52.5 Å². The summed E-state index contributed by atoms with van der Waals surface area (Å²) in [5, 5.41) is 19.6. The maximum Gasteiger partial charge on any atom is 0.490 e. The molecular weight excluding hydrogens is 825 g/mol. The lowest BCUT2D eigenvalue weighted by Crippen LogP contribution is -2.54. The Bertz CT molecular complexity index is 1990. The molecule has 2 aromatic carbocycles. The molecule has 1 aromatic heterocycles. The number of aliphatic carboxylic acids is 2. The number of hydrogen-bond acceptors (Lipinski definition) is 9. The van der Waals surface area contributed by atoms with Crippen LogP contribution in [-0.4, -0.2) is 120 Å². The van der Waals surface area contributed by atoms with Crippen LogP contribution in [-0.2, 0) is 31.0 Å². The van der Waals surface area contributed by atoms with Gasteiger partial charge in [-0.3, -0.25) is 4.79 Å². The van der Waals surface area contributed by atoms with Crippen molar-refractivity contribution >= 4 is 68.3 Å². The SMILES string of the molecule is CCNN=CN1CCN(C(=O)[C@@H]2CCCN2S(=O)(=O)c2ccc(Cl)c(COc3cccc4ccc(C)nc34)c2Cl)CC1.O=C(O)C(F)(F)F.O=C(O)C(F)(F)F. The zero-order valence-electron chi connectivity index (χ0n) is 29.6. The first-order valence-corrected chi connectivity index (χ1v) is 18.7. The predicted octanol–water partition coefficient (Wildman–Crippen LogP) is 5.55. The maximum absolute atomic E-state index is 13.9. The molecule has 2 saturated heterocycles. The number of sulfonamides is 1. The lowest BCUT2D eigenvalue weighted by atomic mass is 10.2. The predicted molar refractivity (Wildman–Crippen MR) is 192 cm³/mol. The zero-order valence-corrected chi connectivity index (χ0v) is 31.9. The minimum atomic E-state index is -5.08. The van der Waals surface area contributed by atoms with Crippen molar-refractivity contribution in [3.8, 4) is 5.75 Å². The molecule has 0 unspecified atom stereocenters. The molecule has 14 nitrogen and oxygen atoms in total. The van der Waals surface area contributed by atoms with E-state index in [1.165, 1.54) is 16.4 Å². The average Bonchev–Trinajstić information content (AvgIpc) is 3.63. The number of carboxylic acids is 2. The number of alkyl halides is 6. The van der Waals surface area contributed by atoms with Crippen molar-refractivity contribution in [2.24, 2.45) is 5.10 Å². The number of pyridine rings is 1. The van der Waals surface area contributed by atoms with E-state index in [1.807, 2.05) is 43.0 Å². The summed E-state index contributed by atoms with van der Waals surface area (Å²) in [6.07, 6.45) is -7.40. The minimum Gasteiger partial charge on any atom is -0.487 e. The van der Waals surface area contributed by atoms with Crippen LogP contribution in [0.5, 0.6) is 5.75 Å². The van der Waals surface area contributed by atoms with Crippen molar-refractivity contribution in [3.05, 3.63) is 63.8 Å². The van der Waals surface area contributed by atoms with Crippen LogP contribution < -0.4 is 10.2 Å². The number of amides is 1. The van der Waals surface area contributed by atoms with Crippen LogP contribution in [0.3, 0.4) is 0 Å². The first-order chi connectivity index (χ1) is 26.1. The lowest BCUT2D eigenvalue weighted by Gasteiger charge is -2.36. The summed E-state index contributed by atoms with van der Waals surface area (Å²) >= 11 is 13.2. The van der Waals surface area contributed by atoms with E-state index in [9.17, 15) is 39.6 Å². The average molecular weight is 862 g/mol. The Labute approximate surface area is 326 Å². The zero-order chi connectivity index (χ0) is 42.0. The Balaban J connectivity index is 0.000000512. The fourth-order valence-corrected chi connectivity index (χ4v) is 7.79. The third-order valence-electron chi connectivity index (χ3n) is 8.00. The number of carbonyl (C=O) groups is 3. The molecule has 0 saturated carbocycles. The number of benzene rings is 2. The van der Waals surface area contributed by atoms with Crippen molar-refractivity contribution in [2.45, 2.75) is 56.6 Å². The van der Waals surface area contributed by atoms with E-state index in [1.54, 1.807) is 17.3 Å². The molecule has 1 atom stereocenters. The third kappa shape index (κ3) is 12.2. The summed E-state index contributed by atoms with van der Waals surface area (Å²) in [6.45, 7) is 7.01. The Morgan fingerprint density at radius 3 is 2.14 bits per heavy atom. The first-order valence-electron chi connectivity index (χ1n) is 16.5. The summed E-state index contributed by atoms with van der Waals surface area (Å²) in [4.78, 5) is 39.6. The van der Waals surface area contributed by atoms with Gasteiger partial charge in [-0.2, -0.15) is 35.7 Å². The van der Waals surface area contributed by atoms with Crippen molar-refractivity contribution < 1.29 is 64.1 Å². The van der Waals surface area contributed by atoms with Crippen LogP contribution in [0.1, 0.15) is 31.0 Å². The highest BCUT2D eigenvalue weighted by molar-refractivity contribution is 7.89. The van der Waals surface area contributed by atoms with E-state index >= 15 is 0 Å².